The molecule has 2 N–H and O–H groups in total. The number of rotatable bonds is 8. The molecule has 0 radical (unpaired) electrons. The molecule has 5 heteroatoms. The fourth-order valence-electron chi connectivity index (χ4n) is 5.27. The summed E-state index contributed by atoms with van der Waals surface area (Å²) in [6.45, 7) is 1.19. The number of amides is 1. The third kappa shape index (κ3) is 3.93. The Labute approximate surface area is 189 Å². The van der Waals surface area contributed by atoms with Crippen molar-refractivity contribution in [3.05, 3.63) is 72.8 Å². The van der Waals surface area contributed by atoms with Crippen LogP contribution in [0.15, 0.2) is 72.8 Å². The molecule has 2 aliphatic heterocycles. The largest absolute Gasteiger partial charge is 0.491 e. The molecule has 166 valence electrons. The molecule has 3 atom stereocenters. The van der Waals surface area contributed by atoms with Crippen LogP contribution in [0.5, 0.6) is 5.75 Å². The number of nitrogens with zero attached hydrogens (tertiary/aromatic N) is 2. The highest BCUT2D eigenvalue weighted by molar-refractivity contribution is 5.90. The predicted molar refractivity (Wildman–Crippen MR) is 129 cm³/mol. The fourth-order valence-corrected chi connectivity index (χ4v) is 5.27. The summed E-state index contributed by atoms with van der Waals surface area (Å²) < 4.78 is 6.20. The third-order valence-electron chi connectivity index (χ3n) is 6.82. The summed E-state index contributed by atoms with van der Waals surface area (Å²) >= 11 is 0. The number of anilines is 1. The molecule has 0 saturated carbocycles. The molecule has 3 aromatic rings. The molecule has 2 aliphatic rings. The molecule has 2 saturated heterocycles. The van der Waals surface area contributed by atoms with Crippen molar-refractivity contribution in [1.82, 2.24) is 4.90 Å². The number of carbonyl (C=O) groups is 1. The van der Waals surface area contributed by atoms with Crippen LogP contribution in [0.2, 0.25) is 0 Å². The van der Waals surface area contributed by atoms with Crippen molar-refractivity contribution in [2.45, 2.75) is 50.4 Å². The van der Waals surface area contributed by atoms with E-state index in [9.17, 15) is 4.79 Å². The lowest BCUT2D eigenvalue weighted by atomic mass is 10.1. The summed E-state index contributed by atoms with van der Waals surface area (Å²) in [4.78, 5) is 18.0. The summed E-state index contributed by atoms with van der Waals surface area (Å²) in [5.74, 6) is 1.10. The Bertz CT molecular complexity index is 1070. The van der Waals surface area contributed by atoms with E-state index >= 15 is 0 Å². The summed E-state index contributed by atoms with van der Waals surface area (Å²) in [7, 11) is 0. The summed E-state index contributed by atoms with van der Waals surface area (Å²) in [5, 5.41) is 2.37. The van der Waals surface area contributed by atoms with Gasteiger partial charge in [-0.05, 0) is 73.7 Å². The maximum Gasteiger partial charge on any atom is 0.247 e. The minimum Gasteiger partial charge on any atom is -0.491 e. The molecule has 0 bridgehead atoms. The molecule has 3 unspecified atom stereocenters. The third-order valence-corrected chi connectivity index (χ3v) is 6.82. The second-order valence-electron chi connectivity index (χ2n) is 8.82. The number of ether oxygens (including phenoxy) is 1. The van der Waals surface area contributed by atoms with Crippen molar-refractivity contribution in [3.63, 3.8) is 0 Å². The molecule has 5 rings (SSSR count). The van der Waals surface area contributed by atoms with Gasteiger partial charge in [0.1, 0.15) is 24.6 Å². The highest BCUT2D eigenvalue weighted by Gasteiger charge is 2.51. The van der Waals surface area contributed by atoms with Crippen LogP contribution in [0.4, 0.5) is 5.69 Å². The van der Waals surface area contributed by atoms with Gasteiger partial charge in [0.05, 0.1) is 6.04 Å². The van der Waals surface area contributed by atoms with Gasteiger partial charge in [0.15, 0.2) is 0 Å². The zero-order valence-electron chi connectivity index (χ0n) is 18.4. The lowest BCUT2D eigenvalue weighted by Gasteiger charge is -2.30. The molecule has 32 heavy (non-hydrogen) atoms. The van der Waals surface area contributed by atoms with E-state index in [1.807, 2.05) is 24.3 Å². The van der Waals surface area contributed by atoms with E-state index in [4.69, 9.17) is 10.5 Å². The van der Waals surface area contributed by atoms with Crippen LogP contribution in [0, 0.1) is 0 Å². The van der Waals surface area contributed by atoms with Gasteiger partial charge in [-0.2, -0.15) is 0 Å². The van der Waals surface area contributed by atoms with Gasteiger partial charge < -0.3 is 20.3 Å². The van der Waals surface area contributed by atoms with Crippen LogP contribution in [-0.4, -0.2) is 42.2 Å². The number of carbonyl (C=O) groups excluding carboxylic acids is 1. The molecule has 2 fully saturated rings. The van der Waals surface area contributed by atoms with E-state index in [0.717, 1.165) is 43.5 Å². The van der Waals surface area contributed by atoms with Crippen LogP contribution in [0.1, 0.15) is 32.1 Å². The molecule has 0 aliphatic carbocycles. The van der Waals surface area contributed by atoms with Crippen molar-refractivity contribution in [2.24, 2.45) is 5.73 Å². The van der Waals surface area contributed by atoms with Crippen LogP contribution in [-0.2, 0) is 4.79 Å². The first-order chi connectivity index (χ1) is 15.8. The first kappa shape index (κ1) is 20.8. The monoisotopic (exact) mass is 429 g/mol. The number of para-hydroxylation sites is 1. The Hall–Kier alpha value is -3.05. The predicted octanol–water partition coefficient (Wildman–Crippen LogP) is 4.55. The number of unbranched alkanes of at least 4 members (excludes halogenated alkanes) is 1. The lowest BCUT2D eigenvalue weighted by molar-refractivity contribution is -0.131. The highest BCUT2D eigenvalue weighted by Crippen LogP contribution is 2.39. The highest BCUT2D eigenvalue weighted by atomic mass is 16.5. The van der Waals surface area contributed by atoms with Crippen LogP contribution < -0.4 is 15.4 Å². The van der Waals surface area contributed by atoms with Crippen molar-refractivity contribution in [3.8, 4) is 5.75 Å². The van der Waals surface area contributed by atoms with Crippen molar-refractivity contribution in [1.29, 1.82) is 0 Å². The fraction of sp³-hybridized carbons (Fsp3) is 0.370. The summed E-state index contributed by atoms with van der Waals surface area (Å²) in [5.41, 5.74) is 6.84. The van der Waals surface area contributed by atoms with Gasteiger partial charge in [-0.3, -0.25) is 4.79 Å². The van der Waals surface area contributed by atoms with Gasteiger partial charge in [-0.1, -0.05) is 48.5 Å². The lowest BCUT2D eigenvalue weighted by Crippen LogP contribution is -2.41. The smallest absolute Gasteiger partial charge is 0.247 e. The molecule has 5 nitrogen and oxygen atoms in total. The molecular weight excluding hydrogens is 398 g/mol. The average Bonchev–Trinajstić information content (AvgIpc) is 3.37. The second-order valence-corrected chi connectivity index (χ2v) is 8.82. The van der Waals surface area contributed by atoms with E-state index in [1.165, 1.54) is 10.8 Å². The average molecular weight is 430 g/mol. The Morgan fingerprint density at radius 3 is 2.47 bits per heavy atom. The maximum atomic E-state index is 13.6. The summed E-state index contributed by atoms with van der Waals surface area (Å²) in [6.07, 6.45) is 4.80. The van der Waals surface area contributed by atoms with Crippen LogP contribution in [0.25, 0.3) is 10.8 Å². The van der Waals surface area contributed by atoms with Gasteiger partial charge in [-0.15, -0.1) is 0 Å². The molecule has 3 aromatic carbocycles. The SMILES string of the molecule is NCCCCC1C(=O)N2C(COc3ccc4ccccc4c3)CCC2N1c1ccccc1. The number of nitrogens with two attached hydrogens (primary N) is 1. The van der Waals surface area contributed by atoms with Gasteiger partial charge in [0, 0.05) is 5.69 Å². The van der Waals surface area contributed by atoms with E-state index in [1.54, 1.807) is 0 Å². The first-order valence-electron chi connectivity index (χ1n) is 11.7. The Kier molecular flexibility index (Phi) is 5.99. The maximum absolute atomic E-state index is 13.6. The molecule has 0 spiro atoms. The van der Waals surface area contributed by atoms with E-state index in [2.05, 4.69) is 58.3 Å². The van der Waals surface area contributed by atoms with Crippen LogP contribution >= 0.6 is 0 Å². The van der Waals surface area contributed by atoms with Crippen molar-refractivity contribution in [2.75, 3.05) is 18.1 Å². The topological polar surface area (TPSA) is 58.8 Å². The van der Waals surface area contributed by atoms with Gasteiger partial charge >= 0.3 is 0 Å². The molecular formula is C27H31N3O2. The standard InChI is InChI=1S/C27H31N3O2/c28-17-7-6-12-25-27(31)30-23(14-16-26(30)29(25)22-10-2-1-3-11-22)19-32-24-15-13-20-8-4-5-9-21(20)18-24/h1-5,8-11,13,15,18,23,25-26H,6-7,12,14,16-17,19,28H2. The molecule has 1 amide bonds. The minimum absolute atomic E-state index is 0.102. The zero-order chi connectivity index (χ0) is 21.9. The Balaban J connectivity index is 1.33. The van der Waals surface area contributed by atoms with Gasteiger partial charge in [-0.25, -0.2) is 0 Å². The quantitative estimate of drug-likeness (QED) is 0.534. The molecule has 0 aromatic heterocycles. The number of hydrogen-bond acceptors (Lipinski definition) is 4. The van der Waals surface area contributed by atoms with Crippen molar-refractivity contribution >= 4 is 22.4 Å². The van der Waals surface area contributed by atoms with Gasteiger partial charge in [0.25, 0.3) is 0 Å². The second kappa shape index (κ2) is 9.21. The number of fused-ring (bicyclic) bond motifs is 2. The minimum atomic E-state index is -0.114. The van der Waals surface area contributed by atoms with E-state index in [-0.39, 0.29) is 24.2 Å². The Morgan fingerprint density at radius 1 is 0.875 bits per heavy atom. The summed E-state index contributed by atoms with van der Waals surface area (Å²) in [6, 6.07) is 24.8. The number of hydrogen-bond donors (Lipinski definition) is 1. The van der Waals surface area contributed by atoms with E-state index < -0.39 is 0 Å². The van der Waals surface area contributed by atoms with Crippen LogP contribution in [0.3, 0.4) is 0 Å². The van der Waals surface area contributed by atoms with Crippen molar-refractivity contribution < 1.29 is 9.53 Å². The van der Waals surface area contributed by atoms with E-state index in [0.29, 0.717) is 13.2 Å². The Morgan fingerprint density at radius 2 is 1.66 bits per heavy atom. The van der Waals surface area contributed by atoms with Gasteiger partial charge in [0.2, 0.25) is 5.91 Å². The normalized spacial score (nSPS) is 22.5. The zero-order valence-corrected chi connectivity index (χ0v) is 18.4. The first-order valence-corrected chi connectivity index (χ1v) is 11.7. The molecule has 2 heterocycles. The number of benzene rings is 3.